The molecule has 16 heteroatoms. The van der Waals surface area contributed by atoms with E-state index in [2.05, 4.69) is 63.8 Å². The van der Waals surface area contributed by atoms with E-state index in [0.717, 1.165) is 20.1 Å². The molecule has 50 heavy (non-hydrogen) atoms. The van der Waals surface area contributed by atoms with E-state index in [-0.39, 0.29) is 12.8 Å². The third-order valence-electron chi connectivity index (χ3n) is 6.89. The Hall–Kier alpha value is -4.53. The van der Waals surface area contributed by atoms with Gasteiger partial charge in [-0.05, 0) is 59.7 Å². The fourth-order valence-electron chi connectivity index (χ4n) is 4.46. The monoisotopic (exact) mass is 828 g/mol. The van der Waals surface area contributed by atoms with Gasteiger partial charge in [-0.25, -0.2) is 9.59 Å². The molecular formula is C34H35Br2N6O7P. The molecule has 0 saturated heterocycles. The second-order valence-electron chi connectivity index (χ2n) is 10.6. The van der Waals surface area contributed by atoms with Crippen molar-refractivity contribution in [3.8, 4) is 0 Å². The van der Waals surface area contributed by atoms with Gasteiger partial charge < -0.3 is 31.9 Å². The fraction of sp³-hybridized carbons (Fsp3) is 0.176. The highest BCUT2D eigenvalue weighted by Crippen LogP contribution is 2.22. The van der Waals surface area contributed by atoms with Gasteiger partial charge in [0.05, 0.1) is 0 Å². The highest BCUT2D eigenvalue weighted by molar-refractivity contribution is 9.10. The summed E-state index contributed by atoms with van der Waals surface area (Å²) in [5.41, 5.74) is 2.66. The van der Waals surface area contributed by atoms with Gasteiger partial charge >= 0.3 is 20.3 Å². The maximum Gasteiger partial charge on any atom is 0.322 e. The van der Waals surface area contributed by atoms with Crippen LogP contribution in [0, 0.1) is 0 Å². The van der Waals surface area contributed by atoms with E-state index in [9.17, 15) is 23.7 Å². The first kappa shape index (κ1) is 38.3. The molecule has 4 aromatic rings. The van der Waals surface area contributed by atoms with Crippen LogP contribution >= 0.6 is 40.1 Å². The van der Waals surface area contributed by atoms with Crippen LogP contribution in [0.15, 0.2) is 118 Å². The molecule has 6 amide bonds. The van der Waals surface area contributed by atoms with Crippen LogP contribution in [0.4, 0.5) is 21.0 Å². The van der Waals surface area contributed by atoms with Gasteiger partial charge in [0.25, 0.3) is 0 Å². The third-order valence-corrected chi connectivity index (χ3v) is 8.70. The molecule has 262 valence electrons. The number of amides is 6. The zero-order valence-corrected chi connectivity index (χ0v) is 30.7. The lowest BCUT2D eigenvalue weighted by molar-refractivity contribution is -0.124. The van der Waals surface area contributed by atoms with Crippen LogP contribution in [0.5, 0.6) is 0 Å². The highest BCUT2D eigenvalue weighted by Gasteiger charge is 2.23. The minimum Gasteiger partial charge on any atom is -0.331 e. The number of carbonyl (C=O) groups excluding carboxylic acids is 4. The zero-order chi connectivity index (χ0) is 35.7. The molecule has 0 radical (unpaired) electrons. The molecule has 0 fully saturated rings. The van der Waals surface area contributed by atoms with E-state index in [1.165, 1.54) is 0 Å². The smallest absolute Gasteiger partial charge is 0.322 e. The number of hydrogen-bond acceptors (Lipinski definition) is 7. The van der Waals surface area contributed by atoms with E-state index in [4.69, 9.17) is 9.05 Å². The second-order valence-corrected chi connectivity index (χ2v) is 13.5. The van der Waals surface area contributed by atoms with Crippen molar-refractivity contribution in [1.82, 2.24) is 21.3 Å². The van der Waals surface area contributed by atoms with Crippen molar-refractivity contribution >= 4 is 75.4 Å². The van der Waals surface area contributed by atoms with Gasteiger partial charge in [0.2, 0.25) is 11.8 Å². The number of benzene rings is 4. The molecule has 0 unspecified atom stereocenters. The predicted molar refractivity (Wildman–Crippen MR) is 198 cm³/mol. The fourth-order valence-corrected chi connectivity index (χ4v) is 5.45. The van der Waals surface area contributed by atoms with Crippen molar-refractivity contribution in [3.63, 3.8) is 0 Å². The van der Waals surface area contributed by atoms with Gasteiger partial charge in [-0.2, -0.15) is 0 Å². The molecule has 6 N–H and O–H groups in total. The normalized spacial score (nSPS) is 11.9. The lowest BCUT2D eigenvalue weighted by atomic mass is 10.1. The molecule has 2 atom stereocenters. The number of urea groups is 2. The number of rotatable bonds is 16. The van der Waals surface area contributed by atoms with Crippen LogP contribution in [0.25, 0.3) is 0 Å². The van der Waals surface area contributed by atoms with E-state index < -0.39 is 57.7 Å². The standard InChI is InChI=1S/C34H35Br2N6O7P/c35-25-11-15-27(16-12-25)39-33(45)41-29(19-23-7-3-1-4-8-23)31(43)37-21-48-50(47)49-22-38-32(44)30(20-24-9-5-2-6-10-24)42-34(46)40-28-17-13-26(36)14-18-28/h1-18,29-30,50H,19-22H2,(H,37,43)(H,38,44)(H2,39,41,45)(H2,40,42,46)/t29-,30-/m0/s1. The van der Waals surface area contributed by atoms with E-state index in [1.54, 1.807) is 48.5 Å². The molecule has 4 aromatic carbocycles. The van der Waals surface area contributed by atoms with Crippen molar-refractivity contribution in [2.75, 3.05) is 24.1 Å². The lowest BCUT2D eigenvalue weighted by Crippen LogP contribution is -2.49. The highest BCUT2D eigenvalue weighted by atomic mass is 79.9. The second kappa shape index (κ2) is 20.2. The number of halogens is 2. The molecule has 0 aliphatic heterocycles. The van der Waals surface area contributed by atoms with E-state index >= 15 is 0 Å². The van der Waals surface area contributed by atoms with Crippen LogP contribution in [0.1, 0.15) is 11.1 Å². The van der Waals surface area contributed by atoms with Crippen molar-refractivity contribution in [1.29, 1.82) is 0 Å². The van der Waals surface area contributed by atoms with Gasteiger partial charge in [0, 0.05) is 33.2 Å². The topological polar surface area (TPSA) is 176 Å². The molecule has 4 rings (SSSR count). The Bertz CT molecular complexity index is 1610. The number of hydrogen-bond donors (Lipinski definition) is 6. The number of carbonyl (C=O) groups is 4. The maximum absolute atomic E-state index is 13.0. The summed E-state index contributed by atoms with van der Waals surface area (Å²) < 4.78 is 24.4. The van der Waals surface area contributed by atoms with Gasteiger partial charge in [-0.1, -0.05) is 92.5 Å². The molecule has 0 heterocycles. The van der Waals surface area contributed by atoms with Crippen LogP contribution in [-0.4, -0.2) is 49.4 Å². The van der Waals surface area contributed by atoms with Crippen LogP contribution < -0.4 is 31.9 Å². The first-order valence-electron chi connectivity index (χ1n) is 15.2. The van der Waals surface area contributed by atoms with Crippen molar-refractivity contribution in [2.45, 2.75) is 24.9 Å². The molecule has 0 saturated carbocycles. The van der Waals surface area contributed by atoms with E-state index in [1.807, 2.05) is 60.7 Å². The molecule has 0 aliphatic rings. The quantitative estimate of drug-likeness (QED) is 0.0598. The molecular weight excluding hydrogens is 795 g/mol. The summed E-state index contributed by atoms with van der Waals surface area (Å²) in [5, 5.41) is 15.7. The average Bonchev–Trinajstić information content (AvgIpc) is 3.10. The van der Waals surface area contributed by atoms with Gasteiger partial charge in [0.1, 0.15) is 25.5 Å². The van der Waals surface area contributed by atoms with Crippen LogP contribution in [0.3, 0.4) is 0 Å². The Morgan fingerprint density at radius 1 is 0.560 bits per heavy atom. The largest absolute Gasteiger partial charge is 0.331 e. The predicted octanol–water partition coefficient (Wildman–Crippen LogP) is 5.95. The zero-order valence-electron chi connectivity index (χ0n) is 26.5. The maximum atomic E-state index is 13.0. The lowest BCUT2D eigenvalue weighted by Gasteiger charge is -2.20. The van der Waals surface area contributed by atoms with Gasteiger partial charge in [-0.3, -0.25) is 23.2 Å². The summed E-state index contributed by atoms with van der Waals surface area (Å²) >= 11 is 6.68. The first-order valence-corrected chi connectivity index (χ1v) is 18.0. The Labute approximate surface area is 306 Å². The Balaban J connectivity index is 1.24. The molecule has 0 spiro atoms. The summed E-state index contributed by atoms with van der Waals surface area (Å²) in [5.74, 6) is -1.17. The molecule has 0 aliphatic carbocycles. The average molecular weight is 830 g/mol. The SMILES string of the molecule is O=C(Nc1ccc(Br)cc1)N[C@@H](Cc1ccccc1)C(=O)NCO[PH](=O)OCNC(=O)[C@H](Cc1ccccc1)NC(=O)Nc1ccc(Br)cc1. The van der Waals surface area contributed by atoms with Gasteiger partial charge in [0.15, 0.2) is 0 Å². The molecule has 0 aromatic heterocycles. The van der Waals surface area contributed by atoms with Crippen LogP contribution in [-0.2, 0) is 36.0 Å². The minimum atomic E-state index is -3.17. The number of anilines is 2. The molecule has 13 nitrogen and oxygen atoms in total. The van der Waals surface area contributed by atoms with Gasteiger partial charge in [-0.15, -0.1) is 0 Å². The summed E-state index contributed by atoms with van der Waals surface area (Å²) in [6.45, 7) is -0.972. The number of nitrogens with one attached hydrogen (secondary N) is 6. The summed E-state index contributed by atoms with van der Waals surface area (Å²) in [6, 6.07) is 28.9. The minimum absolute atomic E-state index is 0.178. The summed E-state index contributed by atoms with van der Waals surface area (Å²) in [7, 11) is -3.17. The third kappa shape index (κ3) is 13.8. The van der Waals surface area contributed by atoms with Crippen molar-refractivity contribution in [3.05, 3.63) is 129 Å². The Morgan fingerprint density at radius 2 is 0.920 bits per heavy atom. The summed E-state index contributed by atoms with van der Waals surface area (Å²) in [4.78, 5) is 51.5. The van der Waals surface area contributed by atoms with E-state index in [0.29, 0.717) is 11.4 Å². The van der Waals surface area contributed by atoms with Crippen molar-refractivity contribution < 1.29 is 32.8 Å². The summed E-state index contributed by atoms with van der Waals surface area (Å²) in [6.07, 6.45) is 0.356. The van der Waals surface area contributed by atoms with Crippen molar-refractivity contribution in [2.24, 2.45) is 0 Å². The Morgan fingerprint density at radius 3 is 1.28 bits per heavy atom. The molecule has 0 bridgehead atoms. The first-order chi connectivity index (χ1) is 24.1. The Kier molecular flexibility index (Phi) is 15.5. The van der Waals surface area contributed by atoms with Crippen LogP contribution in [0.2, 0.25) is 0 Å².